The molecule has 0 saturated carbocycles. The predicted molar refractivity (Wildman–Crippen MR) is 116 cm³/mol. The van der Waals surface area contributed by atoms with E-state index in [4.69, 9.17) is 13.7 Å². The van der Waals surface area contributed by atoms with E-state index in [1.165, 1.54) is 0 Å². The Morgan fingerprint density at radius 3 is 2.94 bits per heavy atom. The molecule has 0 atom stereocenters. The van der Waals surface area contributed by atoms with Gasteiger partial charge in [-0.15, -0.1) is 0 Å². The molecule has 0 saturated heterocycles. The lowest BCUT2D eigenvalue weighted by molar-refractivity contribution is 0.102. The summed E-state index contributed by atoms with van der Waals surface area (Å²) in [4.78, 5) is 17.7. The number of nitrogens with zero attached hydrogens (tertiary/aromatic N) is 3. The lowest BCUT2D eigenvalue weighted by Gasteiger charge is -2.09. The van der Waals surface area contributed by atoms with E-state index < -0.39 is 0 Å². The summed E-state index contributed by atoms with van der Waals surface area (Å²) in [6.07, 6.45) is 3.57. The van der Waals surface area contributed by atoms with E-state index in [0.29, 0.717) is 46.1 Å². The molecule has 0 unspecified atom stereocenters. The van der Waals surface area contributed by atoms with Gasteiger partial charge in [0, 0.05) is 36.4 Å². The maximum Gasteiger partial charge on any atom is 0.259 e. The summed E-state index contributed by atoms with van der Waals surface area (Å²) in [6, 6.07) is 13.1. The van der Waals surface area contributed by atoms with Crippen LogP contribution in [0.15, 0.2) is 63.9 Å². The Kier molecular flexibility index (Phi) is 4.76. The number of fused-ring (bicyclic) bond motifs is 2. The van der Waals surface area contributed by atoms with Crippen LogP contribution in [0.1, 0.15) is 16.1 Å². The van der Waals surface area contributed by atoms with Crippen molar-refractivity contribution in [2.75, 3.05) is 19.0 Å². The van der Waals surface area contributed by atoms with Crippen LogP contribution in [0.4, 0.5) is 5.69 Å². The Morgan fingerprint density at radius 1 is 1.23 bits per heavy atom. The van der Waals surface area contributed by atoms with Crippen LogP contribution in [0.25, 0.3) is 33.5 Å². The summed E-state index contributed by atoms with van der Waals surface area (Å²) in [5, 5.41) is 8.58. The quantitative estimate of drug-likeness (QED) is 0.433. The van der Waals surface area contributed by atoms with E-state index in [1.807, 2.05) is 30.5 Å². The maximum absolute atomic E-state index is 13.2. The summed E-state index contributed by atoms with van der Waals surface area (Å²) in [5.74, 6) is 0.272. The number of nitrogens with one attached hydrogen (secondary N) is 1. The lowest BCUT2D eigenvalue weighted by Crippen LogP contribution is -2.13. The van der Waals surface area contributed by atoms with Crippen molar-refractivity contribution in [1.82, 2.24) is 14.7 Å². The Hall–Kier alpha value is -3.91. The van der Waals surface area contributed by atoms with Crippen LogP contribution < -0.4 is 5.32 Å². The van der Waals surface area contributed by atoms with Gasteiger partial charge in [0.2, 0.25) is 0 Å². The van der Waals surface area contributed by atoms with Crippen molar-refractivity contribution in [3.63, 3.8) is 0 Å². The summed E-state index contributed by atoms with van der Waals surface area (Å²) < 4.78 is 18.0. The molecule has 156 valence electrons. The highest BCUT2D eigenvalue weighted by molar-refractivity contribution is 6.13. The van der Waals surface area contributed by atoms with E-state index >= 15 is 0 Å². The maximum atomic E-state index is 13.2. The van der Waals surface area contributed by atoms with E-state index in [-0.39, 0.29) is 5.91 Å². The molecule has 4 aromatic heterocycles. The number of hydrogen-bond acceptors (Lipinski definition) is 6. The number of rotatable bonds is 6. The summed E-state index contributed by atoms with van der Waals surface area (Å²) in [7, 11) is 1.68. The van der Waals surface area contributed by atoms with Crippen molar-refractivity contribution in [2.24, 2.45) is 0 Å². The molecule has 31 heavy (non-hydrogen) atoms. The van der Waals surface area contributed by atoms with Gasteiger partial charge in [0.05, 0.1) is 29.5 Å². The second kappa shape index (κ2) is 7.73. The number of amides is 1. The summed E-state index contributed by atoms with van der Waals surface area (Å²) in [5.41, 5.74) is 3.60. The molecule has 0 bridgehead atoms. The summed E-state index contributed by atoms with van der Waals surface area (Å²) >= 11 is 0. The van der Waals surface area contributed by atoms with Crippen molar-refractivity contribution >= 4 is 33.6 Å². The highest BCUT2D eigenvalue weighted by Crippen LogP contribution is 2.28. The highest BCUT2D eigenvalue weighted by atomic mass is 16.5. The fourth-order valence-electron chi connectivity index (χ4n) is 3.69. The minimum absolute atomic E-state index is 0.273. The first-order chi connectivity index (χ1) is 15.1. The van der Waals surface area contributed by atoms with Gasteiger partial charge in [0.25, 0.3) is 11.6 Å². The van der Waals surface area contributed by atoms with Crippen LogP contribution in [-0.4, -0.2) is 34.3 Å². The lowest BCUT2D eigenvalue weighted by atomic mass is 10.1. The number of carbonyl (C=O) groups excluding carboxylic acids is 1. The number of carbonyl (C=O) groups is 1. The van der Waals surface area contributed by atoms with Gasteiger partial charge >= 0.3 is 0 Å². The number of anilines is 1. The second-order valence-electron chi connectivity index (χ2n) is 7.21. The molecule has 1 N–H and O–H groups in total. The molecule has 0 radical (unpaired) electrons. The van der Waals surface area contributed by atoms with E-state index in [0.717, 1.165) is 17.4 Å². The first-order valence-electron chi connectivity index (χ1n) is 9.84. The topological polar surface area (TPSA) is 95.3 Å². The Bertz CT molecular complexity index is 1380. The SMILES string of the molecule is COCCn1ccc2cc(NC(=O)c3cc(-c4ccco4)nc4onc(C)c34)ccc21. The van der Waals surface area contributed by atoms with Crippen molar-refractivity contribution < 1.29 is 18.5 Å². The Morgan fingerprint density at radius 2 is 2.13 bits per heavy atom. The first kappa shape index (κ1) is 19.1. The average molecular weight is 416 g/mol. The van der Waals surface area contributed by atoms with Gasteiger partial charge in [-0.3, -0.25) is 4.79 Å². The first-order valence-corrected chi connectivity index (χ1v) is 9.84. The fourth-order valence-corrected chi connectivity index (χ4v) is 3.69. The van der Waals surface area contributed by atoms with Gasteiger partial charge in [-0.05, 0) is 49.4 Å². The zero-order valence-corrected chi connectivity index (χ0v) is 17.1. The van der Waals surface area contributed by atoms with E-state index in [9.17, 15) is 4.79 Å². The number of ether oxygens (including phenoxy) is 1. The zero-order valence-electron chi connectivity index (χ0n) is 17.1. The third-order valence-corrected chi connectivity index (χ3v) is 5.20. The zero-order chi connectivity index (χ0) is 21.4. The van der Waals surface area contributed by atoms with Crippen molar-refractivity contribution in [2.45, 2.75) is 13.5 Å². The monoisotopic (exact) mass is 416 g/mol. The van der Waals surface area contributed by atoms with Crippen molar-refractivity contribution in [1.29, 1.82) is 0 Å². The molecular formula is C23H20N4O4. The van der Waals surface area contributed by atoms with Gasteiger partial charge < -0.3 is 23.6 Å². The van der Waals surface area contributed by atoms with Crippen LogP contribution in [-0.2, 0) is 11.3 Å². The van der Waals surface area contributed by atoms with Gasteiger partial charge in [-0.1, -0.05) is 5.16 Å². The van der Waals surface area contributed by atoms with Gasteiger partial charge in [0.15, 0.2) is 5.76 Å². The normalized spacial score (nSPS) is 11.4. The highest BCUT2D eigenvalue weighted by Gasteiger charge is 2.20. The molecular weight excluding hydrogens is 396 g/mol. The average Bonchev–Trinajstić information content (AvgIpc) is 3.52. The van der Waals surface area contributed by atoms with Crippen molar-refractivity contribution in [3.8, 4) is 11.5 Å². The number of furan rings is 1. The standard InChI is InChI=1S/C23H20N4O4/c1-14-21-17(13-18(20-4-3-10-30-20)25-23(21)31-26-14)22(28)24-16-5-6-19-15(12-16)7-8-27(19)9-11-29-2/h3-8,10,12-13H,9,11H2,1-2H3,(H,24,28). The van der Waals surface area contributed by atoms with Crippen molar-refractivity contribution in [3.05, 3.63) is 66.2 Å². The minimum Gasteiger partial charge on any atom is -0.463 e. The third-order valence-electron chi connectivity index (χ3n) is 5.20. The number of aromatic nitrogens is 3. The van der Waals surface area contributed by atoms with E-state index in [2.05, 4.69) is 20.0 Å². The molecule has 5 rings (SSSR count). The molecule has 0 spiro atoms. The smallest absolute Gasteiger partial charge is 0.259 e. The second-order valence-corrected chi connectivity index (χ2v) is 7.21. The van der Waals surface area contributed by atoms with Gasteiger partial charge in [0.1, 0.15) is 5.69 Å². The number of hydrogen-bond donors (Lipinski definition) is 1. The number of benzene rings is 1. The third kappa shape index (κ3) is 3.47. The molecule has 4 heterocycles. The van der Waals surface area contributed by atoms with Crippen LogP contribution >= 0.6 is 0 Å². The molecule has 8 heteroatoms. The Labute approximate surface area is 177 Å². The minimum atomic E-state index is -0.273. The molecule has 0 aliphatic heterocycles. The number of methoxy groups -OCH3 is 1. The van der Waals surface area contributed by atoms with E-state index in [1.54, 1.807) is 38.5 Å². The fraction of sp³-hybridized carbons (Fsp3) is 0.174. The largest absolute Gasteiger partial charge is 0.463 e. The Balaban J connectivity index is 1.49. The molecule has 0 aliphatic rings. The van der Waals surface area contributed by atoms with Crippen LogP contribution in [0.2, 0.25) is 0 Å². The van der Waals surface area contributed by atoms with Gasteiger partial charge in [-0.25, -0.2) is 4.98 Å². The predicted octanol–water partition coefficient (Wildman–Crippen LogP) is 4.64. The van der Waals surface area contributed by atoms with Gasteiger partial charge in [-0.2, -0.15) is 0 Å². The molecule has 0 aliphatic carbocycles. The summed E-state index contributed by atoms with van der Waals surface area (Å²) in [6.45, 7) is 3.19. The number of pyridine rings is 1. The number of aryl methyl sites for hydroxylation is 1. The van der Waals surface area contributed by atoms with Crippen LogP contribution in [0.3, 0.4) is 0 Å². The molecule has 1 aromatic carbocycles. The molecule has 5 aromatic rings. The molecule has 8 nitrogen and oxygen atoms in total. The van der Waals surface area contributed by atoms with Crippen LogP contribution in [0, 0.1) is 6.92 Å². The van der Waals surface area contributed by atoms with Crippen LogP contribution in [0.5, 0.6) is 0 Å². The molecule has 1 amide bonds. The molecule has 0 fully saturated rings.